The van der Waals surface area contributed by atoms with Crippen LogP contribution >= 0.6 is 0 Å². The van der Waals surface area contributed by atoms with Crippen LogP contribution in [0.5, 0.6) is 0 Å². The van der Waals surface area contributed by atoms with Gasteiger partial charge < -0.3 is 19.9 Å². The van der Waals surface area contributed by atoms with Crippen LogP contribution in [0.4, 0.5) is 5.82 Å². The van der Waals surface area contributed by atoms with Crippen LogP contribution in [0.3, 0.4) is 0 Å². The zero-order valence-corrected chi connectivity index (χ0v) is 21.3. The molecule has 0 unspecified atom stereocenters. The van der Waals surface area contributed by atoms with Gasteiger partial charge in [-0.25, -0.2) is 14.8 Å². The van der Waals surface area contributed by atoms with Gasteiger partial charge in [0.15, 0.2) is 0 Å². The van der Waals surface area contributed by atoms with E-state index in [-0.39, 0.29) is 0 Å². The second-order valence-electron chi connectivity index (χ2n) is 9.16. The van der Waals surface area contributed by atoms with Crippen molar-refractivity contribution in [2.24, 2.45) is 0 Å². The van der Waals surface area contributed by atoms with Gasteiger partial charge in [-0.3, -0.25) is 4.98 Å². The predicted octanol–water partition coefficient (Wildman–Crippen LogP) is 5.20. The maximum atomic E-state index is 12.0. The Morgan fingerprint density at radius 2 is 2.08 bits per heavy atom. The van der Waals surface area contributed by atoms with Crippen molar-refractivity contribution in [2.75, 3.05) is 38.6 Å². The van der Waals surface area contributed by atoms with Crippen molar-refractivity contribution in [3.63, 3.8) is 0 Å². The number of fused-ring (bicyclic) bond motifs is 3. The van der Waals surface area contributed by atoms with E-state index in [0.717, 1.165) is 53.7 Å². The highest BCUT2D eigenvalue weighted by molar-refractivity contribution is 6.10. The van der Waals surface area contributed by atoms with Gasteiger partial charge in [-0.05, 0) is 57.0 Å². The third-order valence-corrected chi connectivity index (χ3v) is 6.35. The van der Waals surface area contributed by atoms with Gasteiger partial charge >= 0.3 is 5.97 Å². The van der Waals surface area contributed by atoms with Crippen LogP contribution in [-0.2, 0) is 11.2 Å². The number of nitrogens with one attached hydrogen (secondary N) is 2. The first-order valence-electron chi connectivity index (χ1n) is 12.8. The Labute approximate surface area is 212 Å². The molecule has 4 heterocycles. The molecule has 1 saturated heterocycles. The first-order chi connectivity index (χ1) is 17.6. The average Bonchev–Trinajstić information content (AvgIpc) is 3.27. The Morgan fingerprint density at radius 1 is 1.25 bits per heavy atom. The number of carbonyl (C=O) groups excluding carboxylic acids is 1. The molecule has 0 atom stereocenters. The lowest BCUT2D eigenvalue weighted by Gasteiger charge is -2.26. The third-order valence-electron chi connectivity index (χ3n) is 6.35. The van der Waals surface area contributed by atoms with Crippen LogP contribution in [0.15, 0.2) is 48.7 Å². The second-order valence-corrected chi connectivity index (χ2v) is 9.16. The normalized spacial score (nSPS) is 14.8. The summed E-state index contributed by atoms with van der Waals surface area (Å²) in [6, 6.07) is 1.75. The Hall–Kier alpha value is -3.52. The van der Waals surface area contributed by atoms with E-state index < -0.39 is 5.97 Å². The molecule has 0 aliphatic carbocycles. The van der Waals surface area contributed by atoms with E-state index in [9.17, 15) is 4.79 Å². The number of rotatable bonds is 11. The minimum atomic E-state index is -0.425. The minimum absolute atomic E-state index is 0.388. The predicted molar refractivity (Wildman–Crippen MR) is 145 cm³/mol. The molecule has 1 aliphatic rings. The van der Waals surface area contributed by atoms with Crippen molar-refractivity contribution < 1.29 is 9.53 Å². The molecule has 3 aromatic heterocycles. The van der Waals surface area contributed by atoms with Crippen molar-refractivity contribution in [3.8, 4) is 0 Å². The van der Waals surface area contributed by atoms with Gasteiger partial charge in [-0.2, -0.15) is 0 Å². The number of H-pyrrole nitrogens is 1. The minimum Gasteiger partial charge on any atom is -0.465 e. The Bertz CT molecular complexity index is 1270. The molecule has 4 rings (SSSR count). The summed E-state index contributed by atoms with van der Waals surface area (Å²) in [4.78, 5) is 32.1. The van der Waals surface area contributed by atoms with Crippen LogP contribution in [-0.4, -0.2) is 64.1 Å². The number of hydrogen-bond acceptors (Lipinski definition) is 7. The van der Waals surface area contributed by atoms with E-state index >= 15 is 0 Å². The topological polar surface area (TPSA) is 96.0 Å². The molecule has 0 bridgehead atoms. The highest BCUT2D eigenvalue weighted by Gasteiger charge is 2.17. The number of ether oxygens (including phenoxy) is 1. The number of nitrogens with zero attached hydrogens (tertiary/aromatic N) is 4. The standard InChI is InChI=1S/C28H36N6O2/c1-4-5-6-8-12-20(2)17-23-32-26(29-13-11-16-34-14-9-7-10-15-34)24-25-22(31-27(24)33-23)18-21(19-30-25)28(35)36-3/h5-6,8,12,18-19H,2,4,7,9-11,13-17H2,1,3H3,(H2,29,31,32,33)/b6-5-,12-8-. The maximum absolute atomic E-state index is 12.0. The molecule has 0 aromatic carbocycles. The Balaban J connectivity index is 1.59. The molecule has 2 N–H and O–H groups in total. The van der Waals surface area contributed by atoms with Gasteiger partial charge in [0, 0.05) is 19.2 Å². The summed E-state index contributed by atoms with van der Waals surface area (Å²) < 4.78 is 4.85. The van der Waals surface area contributed by atoms with Gasteiger partial charge in [-0.1, -0.05) is 44.2 Å². The zero-order valence-electron chi connectivity index (χ0n) is 21.3. The van der Waals surface area contributed by atoms with Crippen LogP contribution < -0.4 is 5.32 Å². The number of anilines is 1. The number of methoxy groups -OCH3 is 1. The average molecular weight is 489 g/mol. The molecule has 190 valence electrons. The molecule has 8 heteroatoms. The van der Waals surface area contributed by atoms with Crippen molar-refractivity contribution in [1.82, 2.24) is 24.8 Å². The van der Waals surface area contributed by atoms with Gasteiger partial charge in [0.2, 0.25) is 0 Å². The lowest BCUT2D eigenvalue weighted by atomic mass is 10.1. The first kappa shape index (κ1) is 25.6. The smallest absolute Gasteiger partial charge is 0.339 e. The molecular weight excluding hydrogens is 452 g/mol. The molecule has 0 amide bonds. The molecule has 1 aliphatic heterocycles. The summed E-state index contributed by atoms with van der Waals surface area (Å²) in [6.07, 6.45) is 16.1. The SMILES string of the molecule is C=C(/C=C\C=C/CC)Cc1nc(NCCCN2CCCCC2)c2c(n1)[nH]c1cc(C(=O)OC)cnc12. The van der Waals surface area contributed by atoms with Crippen molar-refractivity contribution in [2.45, 2.75) is 45.4 Å². The molecule has 8 nitrogen and oxygen atoms in total. The van der Waals surface area contributed by atoms with E-state index in [1.165, 1.54) is 45.7 Å². The van der Waals surface area contributed by atoms with Gasteiger partial charge in [0.25, 0.3) is 0 Å². The largest absolute Gasteiger partial charge is 0.465 e. The van der Waals surface area contributed by atoms with Crippen LogP contribution in [0.1, 0.15) is 55.2 Å². The first-order valence-corrected chi connectivity index (χ1v) is 12.8. The van der Waals surface area contributed by atoms with E-state index in [2.05, 4.69) is 39.8 Å². The van der Waals surface area contributed by atoms with Gasteiger partial charge in [0.05, 0.1) is 23.6 Å². The fourth-order valence-corrected chi connectivity index (χ4v) is 4.51. The third kappa shape index (κ3) is 6.37. The molecule has 0 spiro atoms. The number of piperidine rings is 1. The van der Waals surface area contributed by atoms with E-state index in [0.29, 0.717) is 23.5 Å². The van der Waals surface area contributed by atoms with E-state index in [1.807, 2.05) is 18.2 Å². The van der Waals surface area contributed by atoms with Gasteiger partial charge in [0.1, 0.15) is 22.8 Å². The highest BCUT2D eigenvalue weighted by Crippen LogP contribution is 2.29. The summed E-state index contributed by atoms with van der Waals surface area (Å²) in [5.74, 6) is 1.00. The van der Waals surface area contributed by atoms with E-state index in [4.69, 9.17) is 14.7 Å². The number of esters is 1. The van der Waals surface area contributed by atoms with Crippen LogP contribution in [0, 0.1) is 0 Å². The summed E-state index contributed by atoms with van der Waals surface area (Å²) in [6.45, 7) is 10.5. The van der Waals surface area contributed by atoms with Crippen LogP contribution in [0.2, 0.25) is 0 Å². The Morgan fingerprint density at radius 3 is 2.86 bits per heavy atom. The van der Waals surface area contributed by atoms with E-state index in [1.54, 1.807) is 6.07 Å². The summed E-state index contributed by atoms with van der Waals surface area (Å²) >= 11 is 0. The van der Waals surface area contributed by atoms with Crippen LogP contribution in [0.25, 0.3) is 22.1 Å². The number of allylic oxidation sites excluding steroid dienone is 5. The lowest BCUT2D eigenvalue weighted by molar-refractivity contribution is 0.0600. The summed E-state index contributed by atoms with van der Waals surface area (Å²) in [7, 11) is 1.36. The van der Waals surface area contributed by atoms with Crippen molar-refractivity contribution >= 4 is 33.9 Å². The van der Waals surface area contributed by atoms with Crippen molar-refractivity contribution in [3.05, 3.63) is 60.1 Å². The molecule has 36 heavy (non-hydrogen) atoms. The molecule has 3 aromatic rings. The molecule has 0 saturated carbocycles. The number of carbonyl (C=O) groups is 1. The van der Waals surface area contributed by atoms with Crippen molar-refractivity contribution in [1.29, 1.82) is 0 Å². The molecular formula is C28H36N6O2. The summed E-state index contributed by atoms with van der Waals surface area (Å²) in [5.41, 5.74) is 3.45. The second kappa shape index (κ2) is 12.4. The fourth-order valence-electron chi connectivity index (χ4n) is 4.51. The number of hydrogen-bond donors (Lipinski definition) is 2. The number of aromatic amines is 1. The Kier molecular flexibility index (Phi) is 8.84. The maximum Gasteiger partial charge on any atom is 0.339 e. The monoisotopic (exact) mass is 488 g/mol. The zero-order chi connectivity index (χ0) is 25.3. The fraction of sp³-hybridized carbons (Fsp3) is 0.429. The molecule has 1 fully saturated rings. The van der Waals surface area contributed by atoms with Gasteiger partial charge in [-0.15, -0.1) is 0 Å². The number of likely N-dealkylation sites (tertiary alicyclic amines) is 1. The molecule has 0 radical (unpaired) electrons. The lowest BCUT2D eigenvalue weighted by Crippen LogP contribution is -2.31. The number of aromatic nitrogens is 4. The summed E-state index contributed by atoms with van der Waals surface area (Å²) in [5, 5.41) is 4.37. The highest BCUT2D eigenvalue weighted by atomic mass is 16.5. The number of pyridine rings is 1. The quantitative estimate of drug-likeness (QED) is 0.217.